The number of halogens is 1. The van der Waals surface area contributed by atoms with Gasteiger partial charge in [-0.15, -0.1) is 0 Å². The molecule has 0 aromatic carbocycles. The van der Waals surface area contributed by atoms with Gasteiger partial charge in [0.05, 0.1) is 23.7 Å². The molecule has 2 aromatic heterocycles. The third kappa shape index (κ3) is 14.7. The Hall–Kier alpha value is -5.15. The Morgan fingerprint density at radius 1 is 0.784 bits per heavy atom. The normalized spacial score (nSPS) is 17.3. The highest BCUT2D eigenvalue weighted by Gasteiger charge is 2.33. The van der Waals surface area contributed by atoms with Gasteiger partial charge in [0.25, 0.3) is 0 Å². The van der Waals surface area contributed by atoms with Gasteiger partial charge in [0.1, 0.15) is 29.1 Å². The van der Waals surface area contributed by atoms with Crippen molar-refractivity contribution in [3.05, 3.63) is 53.6 Å². The van der Waals surface area contributed by atoms with Crippen LogP contribution in [0.15, 0.2) is 36.9 Å². The maximum absolute atomic E-state index is 12.6. The molecule has 2 saturated heterocycles. The summed E-state index contributed by atoms with van der Waals surface area (Å²) in [6.45, 7) is 17.4. The monoisotopic (exact) mass is 726 g/mol. The van der Waals surface area contributed by atoms with E-state index in [9.17, 15) is 19.2 Å². The maximum atomic E-state index is 12.6. The Kier molecular flexibility index (Phi) is 15.4. The highest BCUT2D eigenvalue weighted by atomic mass is 35.5. The van der Waals surface area contributed by atoms with Gasteiger partial charge in [0.15, 0.2) is 0 Å². The van der Waals surface area contributed by atoms with Gasteiger partial charge in [-0.1, -0.05) is 0 Å². The van der Waals surface area contributed by atoms with Gasteiger partial charge in [-0.3, -0.25) is 19.6 Å². The molecule has 0 unspecified atom stereocenters. The van der Waals surface area contributed by atoms with Crippen molar-refractivity contribution in [3.63, 3.8) is 0 Å². The fraction of sp³-hybridized carbons (Fsp3) is 0.543. The molecular formula is C35H47ClN8O7. The average Bonchev–Trinajstić information content (AvgIpc) is 3.03. The molecule has 0 spiro atoms. The molecule has 2 atom stereocenters. The topological polar surface area (TPSA) is 193 Å². The van der Waals surface area contributed by atoms with Crippen molar-refractivity contribution in [1.29, 1.82) is 10.5 Å². The van der Waals surface area contributed by atoms with Crippen molar-refractivity contribution in [2.45, 2.75) is 85.1 Å². The molecule has 0 aliphatic carbocycles. The second-order valence-corrected chi connectivity index (χ2v) is 14.3. The largest absolute Gasteiger partial charge is 0.506 e. The van der Waals surface area contributed by atoms with Crippen LogP contribution < -0.4 is 0 Å². The quantitative estimate of drug-likeness (QED) is 0.327. The molecular weight excluding hydrogens is 680 g/mol. The summed E-state index contributed by atoms with van der Waals surface area (Å²) in [4.78, 5) is 61.7. The number of hydrogen-bond acceptors (Lipinski definition) is 11. The SMILES string of the molecule is C[C@@H]1CN(C(=O)OC(C)(C)C)CCN1C(=O)Cc1cncc(C#N)c1.C[C@@H]1CN(C(=O)OC(C)(C)C)CCN1C(=O)Cl.N#Cc1cncc(O)c1. The first-order valence-electron chi connectivity index (χ1n) is 16.3. The summed E-state index contributed by atoms with van der Waals surface area (Å²) >= 11 is 5.44. The van der Waals surface area contributed by atoms with E-state index in [1.54, 1.807) is 31.9 Å². The molecule has 276 valence electrons. The number of amides is 4. The molecule has 2 fully saturated rings. The lowest BCUT2D eigenvalue weighted by Gasteiger charge is -2.40. The van der Waals surface area contributed by atoms with Crippen LogP contribution in [0.3, 0.4) is 0 Å². The van der Waals surface area contributed by atoms with Crippen molar-refractivity contribution < 1.29 is 33.8 Å². The first kappa shape index (κ1) is 42.0. The highest BCUT2D eigenvalue weighted by molar-refractivity contribution is 6.62. The van der Waals surface area contributed by atoms with Gasteiger partial charge < -0.3 is 34.2 Å². The predicted octanol–water partition coefficient (Wildman–Crippen LogP) is 4.91. The van der Waals surface area contributed by atoms with Crippen LogP contribution in [-0.4, -0.2) is 121 Å². The molecule has 4 heterocycles. The molecule has 2 aliphatic rings. The standard InChI is InChI=1S/C18H24N4O3.C11H19ClN2O3.C6H4N2O/c1-13-12-21(17(24)25-18(2,3)4)5-6-22(13)16(23)8-14-7-15(9-19)11-20-10-14;1-8-7-13(5-6-14(8)9(12)15)10(16)17-11(2,3)4;7-2-5-1-6(9)4-8-3-5/h7,10-11,13H,5-6,8,12H2,1-4H3;8H,5-7H2,1-4H3;1,3-4,9H/t13-;8-;/m11./s1. The minimum Gasteiger partial charge on any atom is -0.506 e. The first-order valence-corrected chi connectivity index (χ1v) is 16.7. The Morgan fingerprint density at radius 3 is 1.63 bits per heavy atom. The summed E-state index contributed by atoms with van der Waals surface area (Å²) in [6, 6.07) is 6.71. The van der Waals surface area contributed by atoms with Crippen LogP contribution in [0.1, 0.15) is 72.1 Å². The second kappa shape index (κ2) is 18.7. The molecule has 4 rings (SSSR count). The molecule has 4 amide bonds. The van der Waals surface area contributed by atoms with Crippen molar-refractivity contribution in [2.75, 3.05) is 39.3 Å². The first-order chi connectivity index (χ1) is 23.7. The number of ether oxygens (including phenoxy) is 2. The zero-order chi connectivity index (χ0) is 38.5. The second-order valence-electron chi connectivity index (χ2n) is 14.0. The predicted molar refractivity (Wildman–Crippen MR) is 187 cm³/mol. The molecule has 2 aromatic rings. The smallest absolute Gasteiger partial charge is 0.410 e. The van der Waals surface area contributed by atoms with E-state index in [0.29, 0.717) is 56.0 Å². The number of piperazine rings is 2. The van der Waals surface area contributed by atoms with Crippen LogP contribution in [0.5, 0.6) is 5.75 Å². The third-order valence-corrected chi connectivity index (χ3v) is 7.45. The van der Waals surface area contributed by atoms with Crippen LogP contribution >= 0.6 is 11.6 Å². The molecule has 2 aliphatic heterocycles. The number of pyridine rings is 2. The summed E-state index contributed by atoms with van der Waals surface area (Å²) in [7, 11) is 0. The van der Waals surface area contributed by atoms with Crippen molar-refractivity contribution >= 4 is 35.1 Å². The van der Waals surface area contributed by atoms with Gasteiger partial charge in [-0.2, -0.15) is 10.5 Å². The molecule has 0 bridgehead atoms. The fourth-order valence-electron chi connectivity index (χ4n) is 4.94. The summed E-state index contributed by atoms with van der Waals surface area (Å²) < 4.78 is 10.7. The highest BCUT2D eigenvalue weighted by Crippen LogP contribution is 2.18. The lowest BCUT2D eigenvalue weighted by atomic mass is 10.1. The minimum atomic E-state index is -0.536. The lowest BCUT2D eigenvalue weighted by Crippen LogP contribution is -2.56. The lowest BCUT2D eigenvalue weighted by molar-refractivity contribution is -0.134. The van der Waals surface area contributed by atoms with Crippen molar-refractivity contribution in [3.8, 4) is 17.9 Å². The van der Waals surface area contributed by atoms with Crippen LogP contribution in [0, 0.1) is 22.7 Å². The number of carbonyl (C=O) groups is 4. The Labute approximate surface area is 304 Å². The number of nitriles is 2. The zero-order valence-electron chi connectivity index (χ0n) is 30.4. The number of aromatic hydroxyl groups is 1. The minimum absolute atomic E-state index is 0.0223. The van der Waals surface area contributed by atoms with E-state index in [-0.39, 0.29) is 42.3 Å². The van der Waals surface area contributed by atoms with E-state index in [0.717, 1.165) is 0 Å². The zero-order valence-corrected chi connectivity index (χ0v) is 31.2. The summed E-state index contributed by atoms with van der Waals surface area (Å²) in [5.41, 5.74) is 0.486. The number of nitrogens with zero attached hydrogens (tertiary/aromatic N) is 8. The number of hydrogen-bond donors (Lipinski definition) is 1. The number of carbonyl (C=O) groups excluding carboxylic acids is 4. The van der Waals surface area contributed by atoms with E-state index in [4.69, 9.17) is 36.7 Å². The molecule has 51 heavy (non-hydrogen) atoms. The van der Waals surface area contributed by atoms with Crippen molar-refractivity contribution in [1.82, 2.24) is 29.6 Å². The van der Waals surface area contributed by atoms with Gasteiger partial charge in [0, 0.05) is 76.0 Å². The van der Waals surface area contributed by atoms with Crippen molar-refractivity contribution in [2.24, 2.45) is 0 Å². The van der Waals surface area contributed by atoms with Crippen LogP contribution in [0.25, 0.3) is 0 Å². The number of aromatic nitrogens is 2. The van der Waals surface area contributed by atoms with Crippen LogP contribution in [-0.2, 0) is 20.7 Å². The van der Waals surface area contributed by atoms with Gasteiger partial charge in [-0.25, -0.2) is 9.59 Å². The fourth-order valence-corrected chi connectivity index (χ4v) is 5.19. The van der Waals surface area contributed by atoms with Gasteiger partial charge >= 0.3 is 17.6 Å². The summed E-state index contributed by atoms with van der Waals surface area (Å²) in [5.74, 6) is -0.0118. The van der Waals surface area contributed by atoms with Gasteiger partial charge in [0.2, 0.25) is 5.91 Å². The van der Waals surface area contributed by atoms with E-state index in [2.05, 4.69) is 9.97 Å². The van der Waals surface area contributed by atoms with E-state index >= 15 is 0 Å². The Bertz CT molecular complexity index is 1610. The maximum Gasteiger partial charge on any atom is 0.410 e. The van der Waals surface area contributed by atoms with Gasteiger partial charge in [-0.05, 0) is 78.6 Å². The van der Waals surface area contributed by atoms with E-state index in [1.165, 1.54) is 24.7 Å². The Morgan fingerprint density at radius 2 is 1.24 bits per heavy atom. The van der Waals surface area contributed by atoms with E-state index in [1.807, 2.05) is 67.5 Å². The number of rotatable bonds is 2. The summed E-state index contributed by atoms with van der Waals surface area (Å²) in [6.07, 6.45) is 5.24. The average molecular weight is 727 g/mol. The summed E-state index contributed by atoms with van der Waals surface area (Å²) in [5, 5.41) is 25.4. The molecule has 16 heteroatoms. The molecule has 1 N–H and O–H groups in total. The molecule has 0 radical (unpaired) electrons. The van der Waals surface area contributed by atoms with E-state index < -0.39 is 16.6 Å². The molecule has 0 saturated carbocycles. The Balaban J connectivity index is 0.000000297. The van der Waals surface area contributed by atoms with Crippen LogP contribution in [0.4, 0.5) is 14.4 Å². The molecule has 15 nitrogen and oxygen atoms in total. The third-order valence-electron chi connectivity index (χ3n) is 7.24. The van der Waals surface area contributed by atoms with Crippen LogP contribution in [0.2, 0.25) is 0 Å².